The normalized spacial score (nSPS) is 39.5. The lowest BCUT2D eigenvalue weighted by molar-refractivity contribution is -0.240. The number of nitrogens with zero attached hydrogens (tertiary/aromatic N) is 1. The summed E-state index contributed by atoms with van der Waals surface area (Å²) in [5.74, 6) is -4.85. The van der Waals surface area contributed by atoms with Crippen LogP contribution in [-0.2, 0) is 110 Å². The molecule has 10 aliphatic rings. The molecule has 450 valence electrons. The van der Waals surface area contributed by atoms with Gasteiger partial charge >= 0.3 is 25.7 Å². The van der Waals surface area contributed by atoms with Gasteiger partial charge in [0.1, 0.15) is 79.9 Å². The zero-order valence-corrected chi connectivity index (χ0v) is 49.1. The molecule has 0 aliphatic carbocycles. The van der Waals surface area contributed by atoms with E-state index in [0.29, 0.717) is 12.8 Å². The highest BCUT2D eigenvalue weighted by Crippen LogP contribution is 2.47. The third-order valence-electron chi connectivity index (χ3n) is 14.4. The van der Waals surface area contributed by atoms with Gasteiger partial charge in [0, 0.05) is 29.3 Å². The number of benzene rings is 1. The smallest absolute Gasteiger partial charge is 0.407 e. The van der Waals surface area contributed by atoms with Gasteiger partial charge in [-0.2, -0.15) is 21.1 Å². The lowest BCUT2D eigenvalue weighted by Gasteiger charge is -2.39. The number of hydrogen-bond acceptors (Lipinski definition) is 24. The predicted molar refractivity (Wildman–Crippen MR) is 269 cm³/mol. The highest BCUT2D eigenvalue weighted by molar-refractivity contribution is 8.10. The first kappa shape index (κ1) is 61.5. The number of ether oxygens (including phenoxy) is 16. The van der Waals surface area contributed by atoms with Crippen LogP contribution in [0.4, 0.5) is 4.79 Å². The third kappa shape index (κ3) is 14.7. The van der Waals surface area contributed by atoms with E-state index in [0.717, 1.165) is 5.56 Å². The minimum atomic E-state index is -4.10. The zero-order chi connectivity index (χ0) is 57.5. The summed E-state index contributed by atoms with van der Waals surface area (Å²) >= 11 is 0. The standard InChI is InChI=1S/C26H38N2O10S.C12H19ClO8S.C12H20O6/c1-24(2)35-19-18(34-22-21(20(19)36-24)37-25(3,4)38-22)16-33-39(30,31)28-13-11-26(5,12-14-28)27-23(29)32-15-17-9-7-6-8-10-17;1-11(2)18-7-6(5-16-22(13,14)15)17-10-9(8(7)19-11)20-12(3,4)21-10;1-11(2)15-7-6(5-13)14-10-9(8(7)16-11)17-12(3,4)18-10/h6-10,18-22H,11-16H2,1-5H3,(H,27,29);6-10H,5H2,1-4H3;6-10,13H,5H2,1-4H3/t18-,19+,20+,21-,22-;2*6-,7+,8+,9-,10-/m111/s1. The Morgan fingerprint density at radius 3 is 1.30 bits per heavy atom. The maximum atomic E-state index is 13.1. The average Bonchev–Trinajstić information content (AvgIpc) is 4.20. The summed E-state index contributed by atoms with van der Waals surface area (Å²) in [5, 5.41) is 12.3. The molecular weight excluding hydrogens is 1110 g/mol. The van der Waals surface area contributed by atoms with Crippen LogP contribution in [0.2, 0.25) is 0 Å². The van der Waals surface area contributed by atoms with Crippen molar-refractivity contribution in [2.45, 2.75) is 242 Å². The third-order valence-corrected chi connectivity index (χ3v) is 16.6. The number of nitrogens with one attached hydrogen (secondary N) is 1. The van der Waals surface area contributed by atoms with Crippen molar-refractivity contribution < 1.29 is 111 Å². The van der Waals surface area contributed by atoms with E-state index in [2.05, 4.69) is 9.50 Å². The molecule has 10 aliphatic heterocycles. The molecule has 0 bridgehead atoms. The molecule has 1 amide bonds. The number of aliphatic hydroxyl groups is 1. The molecule has 15 atom stereocenters. The van der Waals surface area contributed by atoms with Crippen LogP contribution in [-0.4, -0.2) is 198 Å². The Hall–Kier alpha value is -2.08. The van der Waals surface area contributed by atoms with Crippen molar-refractivity contribution in [3.63, 3.8) is 0 Å². The number of amides is 1. The summed E-state index contributed by atoms with van der Waals surface area (Å²) in [6.45, 7) is 23.2. The summed E-state index contributed by atoms with van der Waals surface area (Å²) < 4.78 is 153. The largest absolute Gasteiger partial charge is 0.445 e. The number of rotatable bonds is 11. The molecule has 11 rings (SSSR count). The zero-order valence-electron chi connectivity index (χ0n) is 46.7. The number of carbonyl (C=O) groups is 1. The van der Waals surface area contributed by atoms with Gasteiger partial charge in [0.2, 0.25) is 0 Å². The topological polar surface area (TPSA) is 287 Å². The number of fused-ring (bicyclic) bond motifs is 9. The van der Waals surface area contributed by atoms with Crippen LogP contribution in [0.5, 0.6) is 0 Å². The average molecular weight is 1190 g/mol. The number of carbonyl (C=O) groups excluding carboxylic acids is 1. The highest BCUT2D eigenvalue weighted by atomic mass is 35.7. The molecule has 79 heavy (non-hydrogen) atoms. The molecule has 10 saturated heterocycles. The lowest BCUT2D eigenvalue weighted by Crippen LogP contribution is -2.57. The van der Waals surface area contributed by atoms with Crippen LogP contribution >= 0.6 is 10.7 Å². The monoisotopic (exact) mass is 1190 g/mol. The van der Waals surface area contributed by atoms with Crippen molar-refractivity contribution in [3.05, 3.63) is 35.9 Å². The first-order valence-electron chi connectivity index (χ1n) is 26.4. The van der Waals surface area contributed by atoms with Crippen molar-refractivity contribution in [2.75, 3.05) is 32.9 Å². The van der Waals surface area contributed by atoms with Crippen LogP contribution in [0.15, 0.2) is 30.3 Å². The first-order chi connectivity index (χ1) is 36.5. The first-order valence-corrected chi connectivity index (χ1v) is 30.0. The molecular formula is C50H77ClN2O24S2. The van der Waals surface area contributed by atoms with Gasteiger partial charge in [-0.1, -0.05) is 30.3 Å². The van der Waals surface area contributed by atoms with Gasteiger partial charge in [0.05, 0.1) is 19.8 Å². The quantitative estimate of drug-likeness (QED) is 0.299. The Balaban J connectivity index is 0.000000159. The second kappa shape index (κ2) is 22.4. The van der Waals surface area contributed by atoms with E-state index in [1.54, 1.807) is 55.4 Å². The second-order valence-corrected chi connectivity index (χ2v) is 27.6. The van der Waals surface area contributed by atoms with E-state index in [1.807, 2.05) is 65.0 Å². The van der Waals surface area contributed by atoms with Crippen molar-refractivity contribution >= 4 is 36.4 Å². The summed E-state index contributed by atoms with van der Waals surface area (Å²) in [4.78, 5) is 12.4. The molecule has 2 N–H and O–H groups in total. The van der Waals surface area contributed by atoms with E-state index in [4.69, 9.17) is 90.7 Å². The molecule has 10 fully saturated rings. The highest BCUT2D eigenvalue weighted by Gasteiger charge is 2.64. The molecule has 0 spiro atoms. The number of alkyl carbamates (subject to hydrolysis) is 1. The van der Waals surface area contributed by atoms with Crippen LogP contribution in [0.3, 0.4) is 0 Å². The van der Waals surface area contributed by atoms with Gasteiger partial charge < -0.3 is 86.2 Å². The molecule has 0 unspecified atom stereocenters. The van der Waals surface area contributed by atoms with E-state index < -0.39 is 140 Å². The van der Waals surface area contributed by atoms with Gasteiger partial charge in [-0.15, -0.1) is 0 Å². The molecule has 10 heterocycles. The van der Waals surface area contributed by atoms with Crippen molar-refractivity contribution in [3.8, 4) is 0 Å². The van der Waals surface area contributed by atoms with E-state index >= 15 is 0 Å². The maximum absolute atomic E-state index is 13.1. The molecule has 29 heteroatoms. The van der Waals surface area contributed by atoms with Crippen molar-refractivity contribution in [1.82, 2.24) is 9.62 Å². The van der Waals surface area contributed by atoms with Gasteiger partial charge in [-0.05, 0) is 108 Å². The fraction of sp³-hybridized carbons (Fsp3) is 0.860. The Bertz CT molecular complexity index is 2530. The molecule has 1 aromatic carbocycles. The lowest BCUT2D eigenvalue weighted by atomic mass is 9.91. The molecule has 1 aromatic rings. The van der Waals surface area contributed by atoms with Gasteiger partial charge in [0.15, 0.2) is 53.6 Å². The van der Waals surface area contributed by atoms with Crippen molar-refractivity contribution in [2.24, 2.45) is 0 Å². The van der Waals surface area contributed by atoms with Crippen molar-refractivity contribution in [1.29, 1.82) is 0 Å². The Kier molecular flexibility index (Phi) is 17.4. The fourth-order valence-corrected chi connectivity index (χ4v) is 12.7. The summed E-state index contributed by atoms with van der Waals surface area (Å²) in [6, 6.07) is 9.38. The number of aliphatic hydroxyl groups excluding tert-OH is 1. The van der Waals surface area contributed by atoms with Crippen LogP contribution in [0.1, 0.15) is 108 Å². The molecule has 0 saturated carbocycles. The van der Waals surface area contributed by atoms with Crippen LogP contribution in [0, 0.1) is 0 Å². The minimum Gasteiger partial charge on any atom is -0.445 e. The minimum absolute atomic E-state index is 0.131. The predicted octanol–water partition coefficient (Wildman–Crippen LogP) is 3.68. The Morgan fingerprint density at radius 2 is 0.899 bits per heavy atom. The number of piperidine rings is 1. The summed E-state index contributed by atoms with van der Waals surface area (Å²) in [6.07, 6.45) is -7.61. The van der Waals surface area contributed by atoms with Crippen LogP contribution in [0.25, 0.3) is 0 Å². The molecule has 0 radical (unpaired) electrons. The van der Waals surface area contributed by atoms with Gasteiger partial charge in [-0.3, -0.25) is 8.37 Å². The van der Waals surface area contributed by atoms with Gasteiger partial charge in [0.25, 0.3) is 0 Å². The maximum Gasteiger partial charge on any atom is 0.407 e. The second-order valence-electron chi connectivity index (χ2n) is 23.9. The Labute approximate surface area is 465 Å². The van der Waals surface area contributed by atoms with Crippen LogP contribution < -0.4 is 5.32 Å². The molecule has 0 aromatic heterocycles. The summed E-state index contributed by atoms with van der Waals surface area (Å²) in [5.41, 5.74) is 0.273. The SMILES string of the molecule is CC1(C)O[C@H]2[C@@H](O1)[C@@H](CO)O[C@@H]1OC(C)(C)O[C@@H]12.CC1(C)O[C@H]2[C@@H](O1)[C@@H](COS(=O)(=O)Cl)O[C@@H]1OC(C)(C)O[C@@H]12.CC1(NC(=O)OCc2ccccc2)CCN(S(=O)(=O)OC[C@H]2O[C@@H]3OC(C)(C)O[C@@H]3[C@H]3OC(C)(C)O[C@H]32)CC1. The van der Waals surface area contributed by atoms with E-state index in [-0.39, 0.29) is 57.8 Å². The number of halogens is 1. The summed E-state index contributed by atoms with van der Waals surface area (Å²) in [7, 11) is -3.10. The van der Waals surface area contributed by atoms with E-state index in [1.165, 1.54) is 4.31 Å². The van der Waals surface area contributed by atoms with E-state index in [9.17, 15) is 26.7 Å². The Morgan fingerprint density at radius 1 is 0.544 bits per heavy atom. The molecule has 26 nitrogen and oxygen atoms in total. The fourth-order valence-electron chi connectivity index (χ4n) is 11.2. The van der Waals surface area contributed by atoms with Gasteiger partial charge in [-0.25, -0.2) is 4.79 Å². The number of hydrogen-bond donors (Lipinski definition) is 2.